The Balaban J connectivity index is 2.13. The number of carbonyl (C=O) groups excluding carboxylic acids is 1. The third kappa shape index (κ3) is 5.21. The van der Waals surface area contributed by atoms with Gasteiger partial charge in [0, 0.05) is 18.2 Å². The van der Waals surface area contributed by atoms with Crippen LogP contribution in [0.1, 0.15) is 29.8 Å². The van der Waals surface area contributed by atoms with Crippen LogP contribution < -0.4 is 10.9 Å². The average molecular weight is 427 g/mol. The van der Waals surface area contributed by atoms with Gasteiger partial charge >= 0.3 is 0 Å². The van der Waals surface area contributed by atoms with Gasteiger partial charge in [-0.2, -0.15) is 9.78 Å². The lowest BCUT2D eigenvalue weighted by atomic mass is 10.1. The van der Waals surface area contributed by atoms with Crippen molar-refractivity contribution in [2.75, 3.05) is 6.54 Å². The highest BCUT2D eigenvalue weighted by atomic mass is 19.1. The van der Waals surface area contributed by atoms with Crippen LogP contribution >= 0.6 is 0 Å². The fourth-order valence-electron chi connectivity index (χ4n) is 2.89. The number of nitrogens with zero attached hydrogens (tertiary/aromatic N) is 2. The van der Waals surface area contributed by atoms with Gasteiger partial charge in [0.1, 0.15) is 17.2 Å². The Morgan fingerprint density at radius 3 is 2.29 bits per heavy atom. The Bertz CT molecular complexity index is 1140. The summed E-state index contributed by atoms with van der Waals surface area (Å²) in [5, 5.41) is 16.7. The van der Waals surface area contributed by atoms with Crippen LogP contribution in [-0.4, -0.2) is 33.4 Å². The number of aryl methyl sites for hydroxylation is 1. The summed E-state index contributed by atoms with van der Waals surface area (Å²) in [6.07, 6.45) is -0.790. The molecule has 162 valence electrons. The Hall–Kier alpha value is -3.39. The standard InChI is InChI=1S/C23H23F2N3O3/c1-13(2)21(29)12-26-22(30)19-11-20(15-6-4-14(3)5-7-15)27-28(23(19)31)18-9-16(24)8-17(25)10-18/h4-11,13,21,29H,12H2,1-3H3,(H,26,30). The van der Waals surface area contributed by atoms with E-state index in [4.69, 9.17) is 0 Å². The number of amides is 1. The second kappa shape index (κ2) is 9.18. The summed E-state index contributed by atoms with van der Waals surface area (Å²) in [6, 6.07) is 11.1. The Labute approximate surface area is 178 Å². The highest BCUT2D eigenvalue weighted by molar-refractivity contribution is 5.94. The zero-order valence-corrected chi connectivity index (χ0v) is 17.4. The minimum absolute atomic E-state index is 0.0489. The highest BCUT2D eigenvalue weighted by Crippen LogP contribution is 2.19. The van der Waals surface area contributed by atoms with Crippen LogP contribution in [0.2, 0.25) is 0 Å². The van der Waals surface area contributed by atoms with Crippen LogP contribution in [0.25, 0.3) is 16.9 Å². The fraction of sp³-hybridized carbons (Fsp3) is 0.261. The number of aliphatic hydroxyl groups excluding tert-OH is 1. The number of aliphatic hydroxyl groups is 1. The molecule has 2 aromatic carbocycles. The molecule has 1 unspecified atom stereocenters. The zero-order chi connectivity index (χ0) is 22.7. The summed E-state index contributed by atoms with van der Waals surface area (Å²) in [5.41, 5.74) is 0.660. The van der Waals surface area contributed by atoms with Crippen LogP contribution in [0.5, 0.6) is 0 Å². The van der Waals surface area contributed by atoms with E-state index < -0.39 is 29.2 Å². The normalized spacial score (nSPS) is 12.1. The van der Waals surface area contributed by atoms with Crippen molar-refractivity contribution in [3.05, 3.63) is 81.6 Å². The smallest absolute Gasteiger partial charge is 0.284 e. The maximum Gasteiger partial charge on any atom is 0.284 e. The quantitative estimate of drug-likeness (QED) is 0.633. The molecule has 0 radical (unpaired) electrons. The summed E-state index contributed by atoms with van der Waals surface area (Å²) in [4.78, 5) is 25.7. The first kappa shape index (κ1) is 22.3. The number of halogens is 2. The van der Waals surface area contributed by atoms with E-state index in [9.17, 15) is 23.5 Å². The van der Waals surface area contributed by atoms with Crippen molar-refractivity contribution in [2.45, 2.75) is 26.9 Å². The van der Waals surface area contributed by atoms with E-state index in [1.165, 1.54) is 6.07 Å². The van der Waals surface area contributed by atoms with Crippen LogP contribution in [0, 0.1) is 24.5 Å². The summed E-state index contributed by atoms with van der Waals surface area (Å²) >= 11 is 0. The molecule has 1 aromatic heterocycles. The summed E-state index contributed by atoms with van der Waals surface area (Å²) in [6.45, 7) is 5.45. The lowest BCUT2D eigenvalue weighted by Crippen LogP contribution is -2.38. The van der Waals surface area contributed by atoms with Crippen molar-refractivity contribution < 1.29 is 18.7 Å². The topological polar surface area (TPSA) is 84.2 Å². The maximum atomic E-state index is 13.8. The minimum Gasteiger partial charge on any atom is -0.391 e. The van der Waals surface area contributed by atoms with Crippen LogP contribution in [0.15, 0.2) is 53.3 Å². The molecule has 0 aliphatic rings. The van der Waals surface area contributed by atoms with E-state index in [0.29, 0.717) is 11.6 Å². The second-order valence-electron chi connectivity index (χ2n) is 7.68. The Morgan fingerprint density at radius 1 is 1.10 bits per heavy atom. The summed E-state index contributed by atoms with van der Waals surface area (Å²) < 4.78 is 28.3. The van der Waals surface area contributed by atoms with E-state index in [-0.39, 0.29) is 29.4 Å². The molecular weight excluding hydrogens is 404 g/mol. The van der Waals surface area contributed by atoms with E-state index >= 15 is 0 Å². The molecule has 3 rings (SSSR count). The Kier molecular flexibility index (Phi) is 6.60. The molecule has 0 aliphatic heterocycles. The van der Waals surface area contributed by atoms with Crippen molar-refractivity contribution >= 4 is 5.91 Å². The predicted octanol–water partition coefficient (Wildman–Crippen LogP) is 3.23. The SMILES string of the molecule is Cc1ccc(-c2cc(C(=O)NCC(O)C(C)C)c(=O)n(-c3cc(F)cc(F)c3)n2)cc1. The Morgan fingerprint density at radius 2 is 1.71 bits per heavy atom. The number of hydrogen-bond acceptors (Lipinski definition) is 4. The van der Waals surface area contributed by atoms with Crippen LogP contribution in [0.4, 0.5) is 8.78 Å². The average Bonchev–Trinajstić information content (AvgIpc) is 2.71. The number of nitrogens with one attached hydrogen (secondary N) is 1. The highest BCUT2D eigenvalue weighted by Gasteiger charge is 2.19. The van der Waals surface area contributed by atoms with Gasteiger partial charge in [-0.05, 0) is 31.0 Å². The third-order valence-electron chi connectivity index (χ3n) is 4.84. The van der Waals surface area contributed by atoms with Crippen LogP contribution in [0.3, 0.4) is 0 Å². The van der Waals surface area contributed by atoms with Crippen molar-refractivity contribution in [1.82, 2.24) is 15.1 Å². The van der Waals surface area contributed by atoms with Gasteiger partial charge < -0.3 is 10.4 Å². The molecule has 31 heavy (non-hydrogen) atoms. The van der Waals surface area contributed by atoms with E-state index in [2.05, 4.69) is 10.4 Å². The van der Waals surface area contributed by atoms with E-state index in [1.54, 1.807) is 26.0 Å². The van der Waals surface area contributed by atoms with Gasteiger partial charge in [-0.3, -0.25) is 9.59 Å². The van der Waals surface area contributed by atoms with Gasteiger partial charge in [-0.15, -0.1) is 0 Å². The zero-order valence-electron chi connectivity index (χ0n) is 17.4. The van der Waals surface area contributed by atoms with Crippen LogP contribution in [-0.2, 0) is 0 Å². The molecule has 0 saturated heterocycles. The first-order chi connectivity index (χ1) is 14.7. The molecule has 2 N–H and O–H groups in total. The largest absolute Gasteiger partial charge is 0.391 e. The first-order valence-corrected chi connectivity index (χ1v) is 9.80. The molecule has 1 atom stereocenters. The lowest BCUT2D eigenvalue weighted by molar-refractivity contribution is 0.0869. The molecule has 0 spiro atoms. The monoisotopic (exact) mass is 427 g/mol. The first-order valence-electron chi connectivity index (χ1n) is 9.80. The molecule has 1 amide bonds. The summed E-state index contributed by atoms with van der Waals surface area (Å²) in [5.74, 6) is -2.56. The van der Waals surface area contributed by atoms with Gasteiger partial charge in [-0.1, -0.05) is 43.7 Å². The number of hydrogen-bond donors (Lipinski definition) is 2. The second-order valence-corrected chi connectivity index (χ2v) is 7.68. The lowest BCUT2D eigenvalue weighted by Gasteiger charge is -2.16. The third-order valence-corrected chi connectivity index (χ3v) is 4.84. The number of benzene rings is 2. The van der Waals surface area contributed by atoms with E-state index in [1.807, 2.05) is 19.1 Å². The molecule has 3 aromatic rings. The van der Waals surface area contributed by atoms with Crippen molar-refractivity contribution in [2.24, 2.45) is 5.92 Å². The van der Waals surface area contributed by atoms with Gasteiger partial charge in [0.05, 0.1) is 17.5 Å². The van der Waals surface area contributed by atoms with Crippen molar-refractivity contribution in [1.29, 1.82) is 0 Å². The molecule has 0 aliphatic carbocycles. The summed E-state index contributed by atoms with van der Waals surface area (Å²) in [7, 11) is 0. The number of aromatic nitrogens is 2. The minimum atomic E-state index is -0.879. The van der Waals surface area contributed by atoms with Crippen molar-refractivity contribution in [3.63, 3.8) is 0 Å². The van der Waals surface area contributed by atoms with Crippen molar-refractivity contribution in [3.8, 4) is 16.9 Å². The molecular formula is C23H23F2N3O3. The molecule has 1 heterocycles. The maximum absolute atomic E-state index is 13.8. The molecule has 0 bridgehead atoms. The molecule has 6 nitrogen and oxygen atoms in total. The van der Waals surface area contributed by atoms with E-state index in [0.717, 1.165) is 22.4 Å². The van der Waals surface area contributed by atoms with Gasteiger partial charge in [0.25, 0.3) is 11.5 Å². The van der Waals surface area contributed by atoms with Gasteiger partial charge in [-0.25, -0.2) is 8.78 Å². The molecule has 0 fully saturated rings. The number of rotatable bonds is 6. The van der Waals surface area contributed by atoms with Gasteiger partial charge in [0.2, 0.25) is 0 Å². The molecule has 8 heteroatoms. The molecule has 0 saturated carbocycles. The fourth-order valence-corrected chi connectivity index (χ4v) is 2.89. The predicted molar refractivity (Wildman–Crippen MR) is 113 cm³/mol. The van der Waals surface area contributed by atoms with Gasteiger partial charge in [0.15, 0.2) is 0 Å². The number of carbonyl (C=O) groups is 1.